The molecule has 0 nitrogen and oxygen atoms in total. The van der Waals surface area contributed by atoms with Crippen LogP contribution in [0.15, 0.2) is 23.1 Å². The summed E-state index contributed by atoms with van der Waals surface area (Å²) >= 11 is 4.03. The number of hydrogen-bond acceptors (Lipinski definition) is 1. The molecule has 0 amide bonds. The van der Waals surface area contributed by atoms with E-state index in [1.54, 1.807) is 19.1 Å². The number of thiol groups is 1. The standard InChI is InChI=1S/C7H7FS/c1-5-4-6(9)2-3-7(5)8/h2-4,9H,1H3. The normalized spacial score (nSPS) is 9.67. The number of aryl methyl sites for hydroxylation is 1. The number of halogens is 1. The minimum Gasteiger partial charge on any atom is -0.207 e. The van der Waals surface area contributed by atoms with Crippen LogP contribution in [0.4, 0.5) is 4.39 Å². The monoisotopic (exact) mass is 142 g/mol. The van der Waals surface area contributed by atoms with Crippen LogP contribution < -0.4 is 0 Å². The maximum atomic E-state index is 12.5. The third-order valence-corrected chi connectivity index (χ3v) is 1.42. The molecule has 0 fully saturated rings. The van der Waals surface area contributed by atoms with Crippen molar-refractivity contribution in [1.29, 1.82) is 0 Å². The zero-order chi connectivity index (χ0) is 6.85. The Hall–Kier alpha value is -0.500. The summed E-state index contributed by atoms with van der Waals surface area (Å²) in [5.41, 5.74) is 0.641. The summed E-state index contributed by atoms with van der Waals surface area (Å²) in [6.07, 6.45) is 0. The Morgan fingerprint density at radius 2 is 2.11 bits per heavy atom. The SMILES string of the molecule is Cc1cc(S)ccc1F. The maximum Gasteiger partial charge on any atom is 0.126 e. The van der Waals surface area contributed by atoms with Gasteiger partial charge in [-0.1, -0.05) is 0 Å². The lowest BCUT2D eigenvalue weighted by Crippen LogP contribution is -1.79. The molecule has 0 N–H and O–H groups in total. The van der Waals surface area contributed by atoms with Crippen LogP contribution in [0.25, 0.3) is 0 Å². The summed E-state index contributed by atoms with van der Waals surface area (Å²) in [6.45, 7) is 1.72. The van der Waals surface area contributed by atoms with Crippen LogP contribution in [0.3, 0.4) is 0 Å². The fourth-order valence-electron chi connectivity index (χ4n) is 0.629. The average Bonchev–Trinajstić information content (AvgIpc) is 1.80. The maximum absolute atomic E-state index is 12.5. The first-order chi connectivity index (χ1) is 4.20. The highest BCUT2D eigenvalue weighted by Gasteiger charge is 1.93. The van der Waals surface area contributed by atoms with Crippen molar-refractivity contribution in [1.82, 2.24) is 0 Å². The Bertz CT molecular complexity index is 220. The smallest absolute Gasteiger partial charge is 0.126 e. The van der Waals surface area contributed by atoms with Gasteiger partial charge in [-0.05, 0) is 30.7 Å². The van der Waals surface area contributed by atoms with Crippen LogP contribution in [-0.4, -0.2) is 0 Å². The van der Waals surface area contributed by atoms with Crippen molar-refractivity contribution in [3.05, 3.63) is 29.6 Å². The Kier molecular flexibility index (Phi) is 1.76. The van der Waals surface area contributed by atoms with Crippen molar-refractivity contribution in [2.75, 3.05) is 0 Å². The van der Waals surface area contributed by atoms with Gasteiger partial charge >= 0.3 is 0 Å². The molecule has 0 spiro atoms. The van der Waals surface area contributed by atoms with E-state index in [-0.39, 0.29) is 5.82 Å². The molecule has 0 saturated heterocycles. The molecule has 0 radical (unpaired) electrons. The van der Waals surface area contributed by atoms with Crippen LogP contribution >= 0.6 is 12.6 Å². The van der Waals surface area contributed by atoms with Gasteiger partial charge in [-0.15, -0.1) is 12.6 Å². The highest BCUT2D eigenvalue weighted by molar-refractivity contribution is 7.80. The van der Waals surface area contributed by atoms with Gasteiger partial charge in [-0.2, -0.15) is 0 Å². The molecule has 0 aliphatic heterocycles. The van der Waals surface area contributed by atoms with Crippen molar-refractivity contribution >= 4 is 12.6 Å². The third kappa shape index (κ3) is 1.45. The summed E-state index contributed by atoms with van der Waals surface area (Å²) in [7, 11) is 0. The molecular weight excluding hydrogens is 135 g/mol. The fourth-order valence-corrected chi connectivity index (χ4v) is 0.897. The van der Waals surface area contributed by atoms with Crippen LogP contribution in [0.5, 0.6) is 0 Å². The zero-order valence-electron chi connectivity index (χ0n) is 5.06. The summed E-state index contributed by atoms with van der Waals surface area (Å²) in [6, 6.07) is 4.74. The number of rotatable bonds is 0. The highest BCUT2D eigenvalue weighted by Crippen LogP contribution is 2.11. The van der Waals surface area contributed by atoms with Crippen molar-refractivity contribution in [2.45, 2.75) is 11.8 Å². The first kappa shape index (κ1) is 6.62. The molecule has 1 aromatic rings. The molecule has 0 aliphatic rings. The molecule has 0 aromatic heterocycles. The van der Waals surface area contributed by atoms with Gasteiger partial charge in [0.15, 0.2) is 0 Å². The number of benzene rings is 1. The lowest BCUT2D eigenvalue weighted by molar-refractivity contribution is 0.617. The van der Waals surface area contributed by atoms with E-state index >= 15 is 0 Å². The van der Waals surface area contributed by atoms with Gasteiger partial charge in [0.2, 0.25) is 0 Å². The molecule has 1 aromatic carbocycles. The van der Waals surface area contributed by atoms with Crippen LogP contribution in [0, 0.1) is 12.7 Å². The van der Waals surface area contributed by atoms with Gasteiger partial charge in [0.25, 0.3) is 0 Å². The second-order valence-corrected chi connectivity index (χ2v) is 2.45. The van der Waals surface area contributed by atoms with E-state index in [0.717, 1.165) is 4.90 Å². The van der Waals surface area contributed by atoms with Gasteiger partial charge in [-0.25, -0.2) is 4.39 Å². The molecular formula is C7H7FS. The van der Waals surface area contributed by atoms with Crippen molar-refractivity contribution in [3.63, 3.8) is 0 Å². The lowest BCUT2D eigenvalue weighted by Gasteiger charge is -1.94. The second-order valence-electron chi connectivity index (χ2n) is 1.93. The largest absolute Gasteiger partial charge is 0.207 e. The van der Waals surface area contributed by atoms with Gasteiger partial charge in [0.1, 0.15) is 5.82 Å². The van der Waals surface area contributed by atoms with E-state index in [2.05, 4.69) is 12.6 Å². The molecule has 48 valence electrons. The van der Waals surface area contributed by atoms with E-state index < -0.39 is 0 Å². The van der Waals surface area contributed by atoms with E-state index in [0.29, 0.717) is 5.56 Å². The Labute approximate surface area is 59.1 Å². The average molecular weight is 142 g/mol. The van der Waals surface area contributed by atoms with Gasteiger partial charge in [-0.3, -0.25) is 0 Å². The van der Waals surface area contributed by atoms with Crippen molar-refractivity contribution < 1.29 is 4.39 Å². The van der Waals surface area contributed by atoms with Crippen LogP contribution in [0.2, 0.25) is 0 Å². The quantitative estimate of drug-likeness (QED) is 0.528. The molecule has 0 atom stereocenters. The van der Waals surface area contributed by atoms with Crippen LogP contribution in [0.1, 0.15) is 5.56 Å². The summed E-state index contributed by atoms with van der Waals surface area (Å²) in [5.74, 6) is -0.173. The highest BCUT2D eigenvalue weighted by atomic mass is 32.1. The third-order valence-electron chi connectivity index (χ3n) is 1.14. The van der Waals surface area contributed by atoms with Crippen molar-refractivity contribution in [3.8, 4) is 0 Å². The summed E-state index contributed by atoms with van der Waals surface area (Å²) in [5, 5.41) is 0. The van der Waals surface area contributed by atoms with Gasteiger partial charge in [0.05, 0.1) is 0 Å². The zero-order valence-corrected chi connectivity index (χ0v) is 5.95. The minimum absolute atomic E-state index is 0.173. The van der Waals surface area contributed by atoms with Crippen molar-refractivity contribution in [2.24, 2.45) is 0 Å². The first-order valence-corrected chi connectivity index (χ1v) is 3.10. The fraction of sp³-hybridized carbons (Fsp3) is 0.143. The summed E-state index contributed by atoms with van der Waals surface area (Å²) in [4.78, 5) is 0.800. The molecule has 0 bridgehead atoms. The topological polar surface area (TPSA) is 0 Å². The van der Waals surface area contributed by atoms with E-state index in [4.69, 9.17) is 0 Å². The Balaban J connectivity index is 3.17. The predicted octanol–water partition coefficient (Wildman–Crippen LogP) is 2.42. The van der Waals surface area contributed by atoms with Gasteiger partial charge < -0.3 is 0 Å². The Morgan fingerprint density at radius 1 is 1.44 bits per heavy atom. The molecule has 2 heteroatoms. The molecule has 0 unspecified atom stereocenters. The summed E-state index contributed by atoms with van der Waals surface area (Å²) < 4.78 is 12.5. The molecule has 0 heterocycles. The Morgan fingerprint density at radius 3 is 2.56 bits per heavy atom. The number of hydrogen-bond donors (Lipinski definition) is 1. The van der Waals surface area contributed by atoms with Crippen LogP contribution in [-0.2, 0) is 0 Å². The molecule has 9 heavy (non-hydrogen) atoms. The molecule has 0 saturated carbocycles. The molecule has 0 aliphatic carbocycles. The van der Waals surface area contributed by atoms with E-state index in [1.807, 2.05) is 0 Å². The lowest BCUT2D eigenvalue weighted by atomic mass is 10.2. The predicted molar refractivity (Wildman–Crippen MR) is 38.4 cm³/mol. The first-order valence-electron chi connectivity index (χ1n) is 2.65. The van der Waals surface area contributed by atoms with Gasteiger partial charge in [0, 0.05) is 4.90 Å². The minimum atomic E-state index is -0.173. The van der Waals surface area contributed by atoms with E-state index in [9.17, 15) is 4.39 Å². The van der Waals surface area contributed by atoms with E-state index in [1.165, 1.54) is 6.07 Å². The molecule has 1 rings (SSSR count). The second kappa shape index (κ2) is 2.40.